The number of hydrogen-bond acceptors (Lipinski definition) is 4. The average Bonchev–Trinajstić information content (AvgIpc) is 3.24. The van der Waals surface area contributed by atoms with Crippen molar-refractivity contribution in [3.8, 4) is 0 Å². The molecule has 130 valence electrons. The number of nitrogens with zero attached hydrogens (tertiary/aromatic N) is 4. The maximum Gasteiger partial charge on any atom is 0.274 e. The molecule has 7 heteroatoms. The van der Waals surface area contributed by atoms with Crippen LogP contribution in [0, 0.1) is 18.8 Å². The monoisotopic (exact) mass is 339 g/mol. The second-order valence-electron chi connectivity index (χ2n) is 6.92. The summed E-state index contributed by atoms with van der Waals surface area (Å²) in [4.78, 5) is 33.2. The second kappa shape index (κ2) is 6.31. The Morgan fingerprint density at radius 3 is 3.00 bits per heavy atom. The highest BCUT2D eigenvalue weighted by molar-refractivity contribution is 5.93. The maximum atomic E-state index is 12.9. The summed E-state index contributed by atoms with van der Waals surface area (Å²) < 4.78 is 0. The molecule has 0 saturated carbocycles. The minimum atomic E-state index is -0.102. The van der Waals surface area contributed by atoms with E-state index in [1.165, 1.54) is 0 Å². The third-order valence-corrected chi connectivity index (χ3v) is 5.15. The van der Waals surface area contributed by atoms with Crippen LogP contribution in [-0.4, -0.2) is 56.4 Å². The predicted molar refractivity (Wildman–Crippen MR) is 90.5 cm³/mol. The number of carbonyl (C=O) groups excluding carboxylic acids is 2. The number of pyridine rings is 1. The zero-order valence-corrected chi connectivity index (χ0v) is 14.2. The molecule has 2 amide bonds. The second-order valence-corrected chi connectivity index (χ2v) is 6.92. The molecule has 2 saturated heterocycles. The van der Waals surface area contributed by atoms with Gasteiger partial charge in [0, 0.05) is 44.3 Å². The van der Waals surface area contributed by atoms with Gasteiger partial charge >= 0.3 is 0 Å². The Morgan fingerprint density at radius 2 is 2.28 bits per heavy atom. The van der Waals surface area contributed by atoms with Crippen LogP contribution < -0.4 is 0 Å². The summed E-state index contributed by atoms with van der Waals surface area (Å²) >= 11 is 0. The van der Waals surface area contributed by atoms with Gasteiger partial charge in [0.05, 0.1) is 5.92 Å². The number of carbonyl (C=O) groups is 2. The first-order valence-electron chi connectivity index (χ1n) is 8.61. The number of piperidine rings is 1. The number of aromatic nitrogens is 3. The molecule has 0 radical (unpaired) electrons. The first kappa shape index (κ1) is 15.8. The van der Waals surface area contributed by atoms with Gasteiger partial charge in [-0.25, -0.2) is 0 Å². The number of rotatable bonds is 3. The molecule has 0 spiro atoms. The van der Waals surface area contributed by atoms with Gasteiger partial charge in [-0.1, -0.05) is 6.07 Å². The summed E-state index contributed by atoms with van der Waals surface area (Å²) in [6.45, 7) is 4.31. The van der Waals surface area contributed by atoms with Gasteiger partial charge in [-0.15, -0.1) is 0 Å². The first-order valence-corrected chi connectivity index (χ1v) is 8.61. The SMILES string of the molecule is Cc1cc(C(=O)N2C[C@H]3CCN(Cc4cccnc4)C(=O)[C@H]3C2)n[nH]1. The molecule has 2 aliphatic heterocycles. The minimum absolute atomic E-state index is 0.0923. The quantitative estimate of drug-likeness (QED) is 0.912. The van der Waals surface area contributed by atoms with Gasteiger partial charge in [0.2, 0.25) is 5.91 Å². The van der Waals surface area contributed by atoms with Crippen LogP contribution in [0.3, 0.4) is 0 Å². The number of nitrogens with one attached hydrogen (secondary N) is 1. The number of fused-ring (bicyclic) bond motifs is 1. The van der Waals surface area contributed by atoms with Crippen LogP contribution in [0.25, 0.3) is 0 Å². The third-order valence-electron chi connectivity index (χ3n) is 5.15. The largest absolute Gasteiger partial charge is 0.338 e. The van der Waals surface area contributed by atoms with Gasteiger partial charge < -0.3 is 9.80 Å². The number of amides is 2. The first-order chi connectivity index (χ1) is 12.1. The highest BCUT2D eigenvalue weighted by Crippen LogP contribution is 2.33. The number of hydrogen-bond donors (Lipinski definition) is 1. The van der Waals surface area contributed by atoms with Crippen molar-refractivity contribution in [1.82, 2.24) is 25.0 Å². The Labute approximate surface area is 146 Å². The number of likely N-dealkylation sites (tertiary alicyclic amines) is 2. The van der Waals surface area contributed by atoms with E-state index >= 15 is 0 Å². The van der Waals surface area contributed by atoms with Crippen molar-refractivity contribution in [1.29, 1.82) is 0 Å². The third kappa shape index (κ3) is 3.01. The van der Waals surface area contributed by atoms with Crippen molar-refractivity contribution in [3.63, 3.8) is 0 Å². The zero-order valence-electron chi connectivity index (χ0n) is 14.2. The van der Waals surface area contributed by atoms with E-state index in [0.29, 0.717) is 25.3 Å². The molecule has 25 heavy (non-hydrogen) atoms. The van der Waals surface area contributed by atoms with Crippen LogP contribution in [0.5, 0.6) is 0 Å². The smallest absolute Gasteiger partial charge is 0.274 e. The molecule has 0 aromatic carbocycles. The van der Waals surface area contributed by atoms with Crippen LogP contribution in [-0.2, 0) is 11.3 Å². The Hall–Kier alpha value is -2.70. The van der Waals surface area contributed by atoms with Crippen molar-refractivity contribution >= 4 is 11.8 Å². The van der Waals surface area contributed by atoms with Crippen LogP contribution in [0.15, 0.2) is 30.6 Å². The van der Waals surface area contributed by atoms with Gasteiger partial charge in [0.1, 0.15) is 5.69 Å². The van der Waals surface area contributed by atoms with E-state index in [0.717, 1.165) is 24.2 Å². The fraction of sp³-hybridized carbons (Fsp3) is 0.444. The van der Waals surface area contributed by atoms with Gasteiger partial charge in [-0.05, 0) is 37.0 Å². The van der Waals surface area contributed by atoms with E-state index < -0.39 is 0 Å². The standard InChI is InChI=1S/C18H21N5O2/c1-12-7-16(21-20-12)18(25)23-10-14-4-6-22(17(24)15(14)11-23)9-13-3-2-5-19-8-13/h2-3,5,7-8,14-15H,4,6,9-11H2,1H3,(H,20,21)/t14-,15+/m1/s1. The molecule has 2 fully saturated rings. The number of aromatic amines is 1. The lowest BCUT2D eigenvalue weighted by molar-refractivity contribution is -0.140. The molecule has 1 N–H and O–H groups in total. The van der Waals surface area contributed by atoms with E-state index in [1.807, 2.05) is 24.0 Å². The van der Waals surface area contributed by atoms with Gasteiger partial charge in [0.25, 0.3) is 5.91 Å². The topological polar surface area (TPSA) is 82.2 Å². The summed E-state index contributed by atoms with van der Waals surface area (Å²) in [6.07, 6.45) is 4.46. The molecule has 0 unspecified atom stereocenters. The lowest BCUT2D eigenvalue weighted by Gasteiger charge is -2.33. The van der Waals surface area contributed by atoms with Gasteiger partial charge in [-0.3, -0.25) is 19.7 Å². The fourth-order valence-corrected chi connectivity index (χ4v) is 3.83. The van der Waals surface area contributed by atoms with E-state index in [4.69, 9.17) is 0 Å². The maximum absolute atomic E-state index is 12.9. The lowest BCUT2D eigenvalue weighted by Crippen LogP contribution is -2.44. The Balaban J connectivity index is 1.44. The molecule has 2 atom stereocenters. The molecule has 7 nitrogen and oxygen atoms in total. The van der Waals surface area contributed by atoms with E-state index in [-0.39, 0.29) is 23.7 Å². The van der Waals surface area contributed by atoms with Crippen molar-refractivity contribution in [2.45, 2.75) is 19.9 Å². The molecule has 0 bridgehead atoms. The lowest BCUT2D eigenvalue weighted by atomic mass is 9.88. The number of H-pyrrole nitrogens is 1. The zero-order chi connectivity index (χ0) is 17.4. The van der Waals surface area contributed by atoms with E-state index in [1.54, 1.807) is 23.4 Å². The van der Waals surface area contributed by atoms with Gasteiger partial charge in [-0.2, -0.15) is 5.10 Å². The highest BCUT2D eigenvalue weighted by atomic mass is 16.2. The van der Waals surface area contributed by atoms with Crippen LogP contribution in [0.1, 0.15) is 28.2 Å². The summed E-state index contributed by atoms with van der Waals surface area (Å²) in [7, 11) is 0. The fourth-order valence-electron chi connectivity index (χ4n) is 3.83. The van der Waals surface area contributed by atoms with E-state index in [2.05, 4.69) is 15.2 Å². The van der Waals surface area contributed by atoms with Crippen molar-refractivity contribution in [3.05, 3.63) is 47.5 Å². The molecular formula is C18H21N5O2. The highest BCUT2D eigenvalue weighted by Gasteiger charge is 2.44. The Kier molecular flexibility index (Phi) is 3.99. The molecular weight excluding hydrogens is 318 g/mol. The summed E-state index contributed by atoms with van der Waals surface area (Å²) in [5.41, 5.74) is 2.32. The van der Waals surface area contributed by atoms with Crippen LogP contribution in [0.2, 0.25) is 0 Å². The van der Waals surface area contributed by atoms with Gasteiger partial charge in [0.15, 0.2) is 0 Å². The molecule has 2 aromatic heterocycles. The molecule has 4 rings (SSSR count). The predicted octanol–water partition coefficient (Wildman–Crippen LogP) is 1.23. The summed E-state index contributed by atoms with van der Waals surface area (Å²) in [5.74, 6) is 0.204. The number of aryl methyl sites for hydroxylation is 1. The Bertz CT molecular complexity index is 788. The Morgan fingerprint density at radius 1 is 1.40 bits per heavy atom. The summed E-state index contributed by atoms with van der Waals surface area (Å²) in [6, 6.07) is 5.62. The molecule has 0 aliphatic carbocycles. The molecule has 4 heterocycles. The normalized spacial score (nSPS) is 23.0. The van der Waals surface area contributed by atoms with Crippen molar-refractivity contribution < 1.29 is 9.59 Å². The molecule has 2 aromatic rings. The van der Waals surface area contributed by atoms with Crippen molar-refractivity contribution in [2.24, 2.45) is 11.8 Å². The summed E-state index contributed by atoms with van der Waals surface area (Å²) in [5, 5.41) is 6.85. The minimum Gasteiger partial charge on any atom is -0.338 e. The van der Waals surface area contributed by atoms with E-state index in [9.17, 15) is 9.59 Å². The van der Waals surface area contributed by atoms with Crippen molar-refractivity contribution in [2.75, 3.05) is 19.6 Å². The molecule has 2 aliphatic rings. The van der Waals surface area contributed by atoms with Crippen LogP contribution >= 0.6 is 0 Å². The average molecular weight is 339 g/mol. The van der Waals surface area contributed by atoms with Crippen LogP contribution in [0.4, 0.5) is 0 Å².